The molecule has 1 aromatic rings. The van der Waals surface area contributed by atoms with Gasteiger partial charge < -0.3 is 4.74 Å². The zero-order valence-electron chi connectivity index (χ0n) is 11.7. The maximum atomic E-state index is 6.30. The van der Waals surface area contributed by atoms with Gasteiger partial charge in [-0.25, -0.2) is 0 Å². The van der Waals surface area contributed by atoms with E-state index in [1.54, 1.807) is 0 Å². The Morgan fingerprint density at radius 2 is 1.79 bits per heavy atom. The van der Waals surface area contributed by atoms with E-state index in [1.165, 1.54) is 31.2 Å². The third-order valence-corrected chi connectivity index (χ3v) is 5.14. The molecule has 1 saturated carbocycles. The average Bonchev–Trinajstić information content (AvgIpc) is 2.39. The SMILES string of the molecule is CC1(C)CCC(OC(CBr)c2ccc(Br)cc2)CC1. The molecule has 106 valence electrons. The van der Waals surface area contributed by atoms with Gasteiger partial charge in [0.05, 0.1) is 12.2 Å². The summed E-state index contributed by atoms with van der Waals surface area (Å²) < 4.78 is 7.41. The lowest BCUT2D eigenvalue weighted by atomic mass is 9.76. The second kappa shape index (κ2) is 6.73. The van der Waals surface area contributed by atoms with Gasteiger partial charge in [-0.05, 0) is 48.8 Å². The summed E-state index contributed by atoms with van der Waals surface area (Å²) in [5.41, 5.74) is 1.76. The molecule has 0 spiro atoms. The molecule has 0 amide bonds. The fourth-order valence-corrected chi connectivity index (χ4v) is 3.41. The van der Waals surface area contributed by atoms with Crippen LogP contribution in [-0.4, -0.2) is 11.4 Å². The highest BCUT2D eigenvalue weighted by atomic mass is 79.9. The van der Waals surface area contributed by atoms with E-state index < -0.39 is 0 Å². The molecular weight excluding hydrogens is 368 g/mol. The van der Waals surface area contributed by atoms with Gasteiger partial charge in [-0.1, -0.05) is 57.8 Å². The van der Waals surface area contributed by atoms with E-state index in [-0.39, 0.29) is 6.10 Å². The molecule has 0 N–H and O–H groups in total. The molecule has 1 unspecified atom stereocenters. The lowest BCUT2D eigenvalue weighted by molar-refractivity contribution is -0.0364. The first-order valence-electron chi connectivity index (χ1n) is 6.97. The average molecular weight is 390 g/mol. The summed E-state index contributed by atoms with van der Waals surface area (Å²) in [5, 5.41) is 0.856. The first kappa shape index (κ1) is 15.5. The van der Waals surface area contributed by atoms with E-state index in [4.69, 9.17) is 4.74 Å². The van der Waals surface area contributed by atoms with Crippen molar-refractivity contribution in [1.82, 2.24) is 0 Å². The Hall–Kier alpha value is 0.140. The molecule has 1 aliphatic rings. The molecule has 0 aliphatic heterocycles. The molecule has 1 fully saturated rings. The quantitative estimate of drug-likeness (QED) is 0.585. The second-order valence-electron chi connectivity index (χ2n) is 6.19. The summed E-state index contributed by atoms with van der Waals surface area (Å²) in [6.45, 7) is 4.72. The van der Waals surface area contributed by atoms with Crippen LogP contribution in [0.4, 0.5) is 0 Å². The highest BCUT2D eigenvalue weighted by Gasteiger charge is 2.28. The van der Waals surface area contributed by atoms with Crippen LogP contribution in [0.25, 0.3) is 0 Å². The minimum absolute atomic E-state index is 0.166. The van der Waals surface area contributed by atoms with Gasteiger partial charge in [0.2, 0.25) is 0 Å². The summed E-state index contributed by atoms with van der Waals surface area (Å²) >= 11 is 7.06. The molecule has 19 heavy (non-hydrogen) atoms. The van der Waals surface area contributed by atoms with Crippen molar-refractivity contribution in [3.8, 4) is 0 Å². The maximum Gasteiger partial charge on any atom is 0.0925 e. The standard InChI is InChI=1S/C16H22Br2O/c1-16(2)9-7-14(8-10-16)19-15(11-17)12-3-5-13(18)6-4-12/h3-6,14-15H,7-11H2,1-2H3. The van der Waals surface area contributed by atoms with Crippen LogP contribution in [0, 0.1) is 5.41 Å². The van der Waals surface area contributed by atoms with Gasteiger partial charge in [0.1, 0.15) is 0 Å². The molecule has 1 aromatic carbocycles. The first-order chi connectivity index (χ1) is 9.00. The van der Waals surface area contributed by atoms with Crippen molar-refractivity contribution >= 4 is 31.9 Å². The summed E-state index contributed by atoms with van der Waals surface area (Å²) in [6, 6.07) is 8.45. The zero-order chi connectivity index (χ0) is 13.9. The van der Waals surface area contributed by atoms with Crippen LogP contribution in [0.5, 0.6) is 0 Å². The van der Waals surface area contributed by atoms with E-state index in [2.05, 4.69) is 70.0 Å². The first-order valence-corrected chi connectivity index (χ1v) is 8.88. The monoisotopic (exact) mass is 388 g/mol. The number of hydrogen-bond donors (Lipinski definition) is 0. The topological polar surface area (TPSA) is 9.23 Å². The van der Waals surface area contributed by atoms with Crippen LogP contribution in [0.1, 0.15) is 51.2 Å². The smallest absolute Gasteiger partial charge is 0.0925 e. The number of ether oxygens (including phenoxy) is 1. The molecule has 0 radical (unpaired) electrons. The summed E-state index contributed by atoms with van der Waals surface area (Å²) in [5.74, 6) is 0. The number of alkyl halides is 1. The molecule has 0 aromatic heterocycles. The van der Waals surface area contributed by atoms with Gasteiger partial charge in [0.15, 0.2) is 0 Å². The predicted octanol–water partition coefficient (Wildman–Crippen LogP) is 5.87. The van der Waals surface area contributed by atoms with E-state index >= 15 is 0 Å². The largest absolute Gasteiger partial charge is 0.369 e. The predicted molar refractivity (Wildman–Crippen MR) is 87.8 cm³/mol. The van der Waals surface area contributed by atoms with Crippen LogP contribution in [0.3, 0.4) is 0 Å². The molecule has 3 heteroatoms. The van der Waals surface area contributed by atoms with Crippen LogP contribution >= 0.6 is 31.9 Å². The maximum absolute atomic E-state index is 6.30. The van der Waals surface area contributed by atoms with Gasteiger partial charge in [0.25, 0.3) is 0 Å². The third-order valence-electron chi connectivity index (χ3n) is 4.02. The number of halogens is 2. The third kappa shape index (κ3) is 4.57. The van der Waals surface area contributed by atoms with Crippen LogP contribution in [-0.2, 0) is 4.74 Å². The Morgan fingerprint density at radius 1 is 1.21 bits per heavy atom. The van der Waals surface area contributed by atoms with Crippen molar-refractivity contribution in [2.45, 2.75) is 51.7 Å². The Bertz CT molecular complexity index is 390. The van der Waals surface area contributed by atoms with Gasteiger partial charge in [-0.2, -0.15) is 0 Å². The lowest BCUT2D eigenvalue weighted by Crippen LogP contribution is -2.28. The molecule has 0 saturated heterocycles. The van der Waals surface area contributed by atoms with Crippen molar-refractivity contribution in [2.75, 3.05) is 5.33 Å². The van der Waals surface area contributed by atoms with E-state index in [0.29, 0.717) is 11.5 Å². The minimum atomic E-state index is 0.166. The van der Waals surface area contributed by atoms with E-state index in [1.807, 2.05) is 0 Å². The van der Waals surface area contributed by atoms with Crippen molar-refractivity contribution < 1.29 is 4.74 Å². The molecule has 0 heterocycles. The van der Waals surface area contributed by atoms with Gasteiger partial charge >= 0.3 is 0 Å². The highest BCUT2D eigenvalue weighted by molar-refractivity contribution is 9.10. The normalized spacial score (nSPS) is 21.3. The van der Waals surface area contributed by atoms with Gasteiger partial charge in [0, 0.05) is 9.80 Å². The van der Waals surface area contributed by atoms with Crippen molar-refractivity contribution in [2.24, 2.45) is 5.41 Å². The number of hydrogen-bond acceptors (Lipinski definition) is 1. The molecule has 2 rings (SSSR count). The Morgan fingerprint density at radius 3 is 2.32 bits per heavy atom. The van der Waals surface area contributed by atoms with Crippen LogP contribution < -0.4 is 0 Å². The molecule has 1 nitrogen and oxygen atoms in total. The number of rotatable bonds is 4. The van der Waals surface area contributed by atoms with Crippen molar-refractivity contribution in [3.63, 3.8) is 0 Å². The lowest BCUT2D eigenvalue weighted by Gasteiger charge is -2.35. The summed E-state index contributed by atoms with van der Waals surface area (Å²) in [6.07, 6.45) is 5.50. The molecule has 1 aliphatic carbocycles. The van der Waals surface area contributed by atoms with Crippen molar-refractivity contribution in [3.05, 3.63) is 34.3 Å². The fraction of sp³-hybridized carbons (Fsp3) is 0.625. The Kier molecular flexibility index (Phi) is 5.50. The fourth-order valence-electron chi connectivity index (χ4n) is 2.62. The Balaban J connectivity index is 1.94. The van der Waals surface area contributed by atoms with Crippen LogP contribution in [0.15, 0.2) is 28.7 Å². The van der Waals surface area contributed by atoms with Crippen LogP contribution in [0.2, 0.25) is 0 Å². The van der Waals surface area contributed by atoms with E-state index in [0.717, 1.165) is 9.80 Å². The summed E-state index contributed by atoms with van der Waals surface area (Å²) in [7, 11) is 0. The van der Waals surface area contributed by atoms with Crippen molar-refractivity contribution in [1.29, 1.82) is 0 Å². The highest BCUT2D eigenvalue weighted by Crippen LogP contribution is 2.38. The molecule has 0 bridgehead atoms. The molecule has 1 atom stereocenters. The Labute approximate surface area is 133 Å². The summed E-state index contributed by atoms with van der Waals surface area (Å²) in [4.78, 5) is 0. The molecular formula is C16H22Br2O. The van der Waals surface area contributed by atoms with Gasteiger partial charge in [-0.15, -0.1) is 0 Å². The van der Waals surface area contributed by atoms with E-state index in [9.17, 15) is 0 Å². The zero-order valence-corrected chi connectivity index (χ0v) is 14.8. The second-order valence-corrected chi connectivity index (χ2v) is 7.76. The number of benzene rings is 1. The minimum Gasteiger partial charge on any atom is -0.369 e. The van der Waals surface area contributed by atoms with Gasteiger partial charge in [-0.3, -0.25) is 0 Å².